The molecule has 2 aliphatic rings. The topological polar surface area (TPSA) is 64.1 Å². The average Bonchev–Trinajstić information content (AvgIpc) is 2.47. The van der Waals surface area contributed by atoms with Gasteiger partial charge in [-0.1, -0.05) is 6.92 Å². The second kappa shape index (κ2) is 6.43. The molecular weight excluding hydrogens is 258 g/mol. The molecule has 2 amide bonds. The van der Waals surface area contributed by atoms with E-state index in [0.717, 1.165) is 32.5 Å². The number of aliphatic carboxylic acids is 1. The van der Waals surface area contributed by atoms with E-state index < -0.39 is 11.9 Å². The Morgan fingerprint density at radius 2 is 1.85 bits per heavy atom. The third-order valence-electron chi connectivity index (χ3n) is 4.56. The lowest BCUT2D eigenvalue weighted by Crippen LogP contribution is -2.57. The van der Waals surface area contributed by atoms with Crippen LogP contribution >= 0.6 is 0 Å². The van der Waals surface area contributed by atoms with Gasteiger partial charge < -0.3 is 14.9 Å². The van der Waals surface area contributed by atoms with Crippen LogP contribution < -0.4 is 0 Å². The molecule has 0 aromatic rings. The van der Waals surface area contributed by atoms with Gasteiger partial charge in [-0.25, -0.2) is 4.79 Å². The van der Waals surface area contributed by atoms with Crippen molar-refractivity contribution in [1.82, 2.24) is 14.7 Å². The van der Waals surface area contributed by atoms with E-state index in [4.69, 9.17) is 5.11 Å². The highest BCUT2D eigenvalue weighted by molar-refractivity contribution is 5.76. The first-order chi connectivity index (χ1) is 9.52. The summed E-state index contributed by atoms with van der Waals surface area (Å²) in [5, 5.41) is 9.10. The van der Waals surface area contributed by atoms with Crippen molar-refractivity contribution in [3.63, 3.8) is 0 Å². The van der Waals surface area contributed by atoms with E-state index >= 15 is 0 Å². The predicted octanol–water partition coefficient (Wildman–Crippen LogP) is 0.929. The third kappa shape index (κ3) is 3.23. The summed E-state index contributed by atoms with van der Waals surface area (Å²) in [7, 11) is 2.09. The molecule has 2 aliphatic heterocycles. The molecule has 20 heavy (non-hydrogen) atoms. The van der Waals surface area contributed by atoms with Gasteiger partial charge in [0.15, 0.2) is 0 Å². The summed E-state index contributed by atoms with van der Waals surface area (Å²) in [4.78, 5) is 29.5. The molecule has 0 aromatic heterocycles. The van der Waals surface area contributed by atoms with Crippen LogP contribution in [0.4, 0.5) is 4.79 Å². The number of piperidine rings is 1. The maximum Gasteiger partial charge on any atom is 0.320 e. The van der Waals surface area contributed by atoms with E-state index in [1.807, 2.05) is 4.90 Å². The standard InChI is InChI=1S/C14H25N3O3/c1-3-12-10-17(8-7-15(12)2)14(20)16-6-4-5-11(9-16)13(18)19/h11-12H,3-10H2,1-2H3,(H,18,19)/t11-,12?/m1/s1. The minimum absolute atomic E-state index is 0.0162. The Morgan fingerprint density at radius 3 is 2.50 bits per heavy atom. The van der Waals surface area contributed by atoms with Crippen molar-refractivity contribution in [3.8, 4) is 0 Å². The molecule has 1 N–H and O–H groups in total. The van der Waals surface area contributed by atoms with Crippen molar-refractivity contribution < 1.29 is 14.7 Å². The number of amides is 2. The predicted molar refractivity (Wildman–Crippen MR) is 75.6 cm³/mol. The van der Waals surface area contributed by atoms with Gasteiger partial charge in [0, 0.05) is 38.8 Å². The Hall–Kier alpha value is -1.30. The molecule has 0 aromatic carbocycles. The molecule has 0 aliphatic carbocycles. The van der Waals surface area contributed by atoms with Gasteiger partial charge in [-0.05, 0) is 26.3 Å². The van der Waals surface area contributed by atoms with Gasteiger partial charge in [0.05, 0.1) is 5.92 Å². The van der Waals surface area contributed by atoms with Crippen LogP contribution in [-0.2, 0) is 4.79 Å². The lowest BCUT2D eigenvalue weighted by atomic mass is 9.98. The summed E-state index contributed by atoms with van der Waals surface area (Å²) < 4.78 is 0. The number of hydrogen-bond acceptors (Lipinski definition) is 3. The Balaban J connectivity index is 1.95. The molecule has 2 atom stereocenters. The Kier molecular flexibility index (Phi) is 4.86. The number of nitrogens with zero attached hydrogens (tertiary/aromatic N) is 3. The zero-order valence-corrected chi connectivity index (χ0v) is 12.4. The molecule has 0 saturated carbocycles. The van der Waals surface area contributed by atoms with Crippen molar-refractivity contribution in [3.05, 3.63) is 0 Å². The number of likely N-dealkylation sites (tertiary alicyclic amines) is 1. The second-order valence-electron chi connectivity index (χ2n) is 5.89. The van der Waals surface area contributed by atoms with Crippen molar-refractivity contribution in [2.45, 2.75) is 32.2 Å². The molecular formula is C14H25N3O3. The second-order valence-corrected chi connectivity index (χ2v) is 5.89. The van der Waals surface area contributed by atoms with E-state index in [2.05, 4.69) is 18.9 Å². The molecule has 1 unspecified atom stereocenters. The average molecular weight is 283 g/mol. The highest BCUT2D eigenvalue weighted by Gasteiger charge is 2.33. The summed E-state index contributed by atoms with van der Waals surface area (Å²) in [5.41, 5.74) is 0. The Morgan fingerprint density at radius 1 is 1.15 bits per heavy atom. The van der Waals surface area contributed by atoms with Gasteiger partial charge in [0.25, 0.3) is 0 Å². The first-order valence-electron chi connectivity index (χ1n) is 7.49. The first-order valence-corrected chi connectivity index (χ1v) is 7.49. The van der Waals surface area contributed by atoms with Crippen LogP contribution in [0.25, 0.3) is 0 Å². The van der Waals surface area contributed by atoms with E-state index in [-0.39, 0.29) is 6.03 Å². The first kappa shape index (κ1) is 15.1. The number of carbonyl (C=O) groups excluding carboxylic acids is 1. The van der Waals surface area contributed by atoms with Crippen LogP contribution in [0.15, 0.2) is 0 Å². The maximum atomic E-state index is 12.5. The normalized spacial score (nSPS) is 28.5. The Bertz CT molecular complexity index is 375. The zero-order chi connectivity index (χ0) is 14.7. The van der Waals surface area contributed by atoms with Gasteiger partial charge in [-0.2, -0.15) is 0 Å². The smallest absolute Gasteiger partial charge is 0.320 e. The molecule has 0 bridgehead atoms. The minimum Gasteiger partial charge on any atom is -0.481 e. The highest BCUT2D eigenvalue weighted by Crippen LogP contribution is 2.19. The highest BCUT2D eigenvalue weighted by atomic mass is 16.4. The van der Waals surface area contributed by atoms with Gasteiger partial charge in [0.1, 0.15) is 0 Å². The fraction of sp³-hybridized carbons (Fsp3) is 0.857. The molecule has 6 nitrogen and oxygen atoms in total. The van der Waals surface area contributed by atoms with Crippen LogP contribution in [0.1, 0.15) is 26.2 Å². The maximum absolute atomic E-state index is 12.5. The van der Waals surface area contributed by atoms with E-state index in [1.54, 1.807) is 4.90 Å². The minimum atomic E-state index is -0.785. The molecule has 6 heteroatoms. The molecule has 0 radical (unpaired) electrons. The number of carbonyl (C=O) groups is 2. The van der Waals surface area contributed by atoms with Crippen molar-refractivity contribution in [2.75, 3.05) is 39.8 Å². The number of urea groups is 1. The third-order valence-corrected chi connectivity index (χ3v) is 4.56. The lowest BCUT2D eigenvalue weighted by molar-refractivity contribution is -0.143. The number of rotatable bonds is 2. The van der Waals surface area contributed by atoms with Crippen molar-refractivity contribution in [1.29, 1.82) is 0 Å². The molecule has 2 fully saturated rings. The summed E-state index contributed by atoms with van der Waals surface area (Å²) in [6.45, 7) is 5.56. The number of piperazine rings is 1. The molecule has 2 heterocycles. The van der Waals surface area contributed by atoms with Crippen LogP contribution in [0.5, 0.6) is 0 Å². The SMILES string of the molecule is CCC1CN(C(=O)N2CCC[C@@H](C(=O)O)C2)CCN1C. The number of carboxylic acids is 1. The largest absolute Gasteiger partial charge is 0.481 e. The van der Waals surface area contributed by atoms with Crippen LogP contribution in [0.2, 0.25) is 0 Å². The van der Waals surface area contributed by atoms with Gasteiger partial charge in [0.2, 0.25) is 0 Å². The quantitative estimate of drug-likeness (QED) is 0.819. The molecule has 2 rings (SSSR count). The van der Waals surface area contributed by atoms with E-state index in [9.17, 15) is 9.59 Å². The van der Waals surface area contributed by atoms with Crippen molar-refractivity contribution >= 4 is 12.0 Å². The van der Waals surface area contributed by atoms with E-state index in [1.165, 1.54) is 0 Å². The Labute approximate surface area is 120 Å². The van der Waals surface area contributed by atoms with Crippen LogP contribution in [-0.4, -0.2) is 77.6 Å². The zero-order valence-electron chi connectivity index (χ0n) is 12.4. The van der Waals surface area contributed by atoms with E-state index in [0.29, 0.717) is 25.6 Å². The molecule has 0 spiro atoms. The molecule has 2 saturated heterocycles. The fourth-order valence-electron chi connectivity index (χ4n) is 3.11. The molecule has 114 valence electrons. The monoisotopic (exact) mass is 283 g/mol. The van der Waals surface area contributed by atoms with Gasteiger partial charge in [-0.3, -0.25) is 9.69 Å². The summed E-state index contributed by atoms with van der Waals surface area (Å²) in [6.07, 6.45) is 2.49. The summed E-state index contributed by atoms with van der Waals surface area (Å²) in [6, 6.07) is 0.426. The lowest BCUT2D eigenvalue weighted by Gasteiger charge is -2.42. The number of hydrogen-bond donors (Lipinski definition) is 1. The fourth-order valence-corrected chi connectivity index (χ4v) is 3.11. The summed E-state index contributed by atoms with van der Waals surface area (Å²) >= 11 is 0. The number of carboxylic acid groups (broad SMARTS) is 1. The summed E-state index contributed by atoms with van der Waals surface area (Å²) in [5.74, 6) is -1.19. The van der Waals surface area contributed by atoms with Crippen molar-refractivity contribution in [2.24, 2.45) is 5.92 Å². The van der Waals surface area contributed by atoms with Gasteiger partial charge in [-0.15, -0.1) is 0 Å². The number of likely N-dealkylation sites (N-methyl/N-ethyl adjacent to an activating group) is 1. The van der Waals surface area contributed by atoms with Gasteiger partial charge >= 0.3 is 12.0 Å². The van der Waals surface area contributed by atoms with Crippen LogP contribution in [0.3, 0.4) is 0 Å². The van der Waals surface area contributed by atoms with Crippen LogP contribution in [0, 0.1) is 5.92 Å².